The minimum atomic E-state index is -3.70. The number of thioether (sulfide) groups is 1. The van der Waals surface area contributed by atoms with Crippen molar-refractivity contribution in [2.24, 2.45) is 0 Å². The van der Waals surface area contributed by atoms with Crippen LogP contribution in [0.25, 0.3) is 0 Å². The lowest BCUT2D eigenvalue weighted by Crippen LogP contribution is -2.26. The third kappa shape index (κ3) is 4.59. The third-order valence-corrected chi connectivity index (χ3v) is 5.76. The van der Waals surface area contributed by atoms with E-state index < -0.39 is 10.0 Å². The summed E-state index contributed by atoms with van der Waals surface area (Å²) in [5.41, 5.74) is 1.69. The van der Waals surface area contributed by atoms with Crippen LogP contribution in [0.15, 0.2) is 53.4 Å². The number of hydrogen-bond donors (Lipinski definition) is 1. The van der Waals surface area contributed by atoms with E-state index in [1.54, 1.807) is 18.2 Å². The average Bonchev–Trinajstić information content (AvgIpc) is 2.61. The van der Waals surface area contributed by atoms with E-state index in [-0.39, 0.29) is 17.0 Å². The van der Waals surface area contributed by atoms with Gasteiger partial charge in [-0.25, -0.2) is 13.1 Å². The fourth-order valence-electron chi connectivity index (χ4n) is 2.06. The molecular weight excluding hydrogens is 342 g/mol. The van der Waals surface area contributed by atoms with E-state index in [9.17, 15) is 8.42 Å². The Morgan fingerprint density at radius 3 is 2.29 bits per heavy atom. The van der Waals surface area contributed by atoms with E-state index in [0.717, 1.165) is 5.56 Å². The molecule has 2 aromatic carbocycles. The predicted molar refractivity (Wildman–Crippen MR) is 93.7 cm³/mol. The maximum Gasteiger partial charge on any atom is 0.241 e. The molecule has 0 spiro atoms. The molecule has 0 unspecified atom stereocenters. The van der Waals surface area contributed by atoms with Crippen LogP contribution < -0.4 is 4.72 Å². The first-order valence-electron chi connectivity index (χ1n) is 7.13. The van der Waals surface area contributed by atoms with Crippen LogP contribution in [-0.4, -0.2) is 20.7 Å². The van der Waals surface area contributed by atoms with Crippen molar-refractivity contribution in [2.45, 2.75) is 10.6 Å². The van der Waals surface area contributed by atoms with Crippen LogP contribution >= 0.6 is 11.8 Å². The second-order valence-corrected chi connectivity index (χ2v) is 7.67. The molecule has 2 rings (SSSR count). The van der Waals surface area contributed by atoms with Crippen LogP contribution in [0.1, 0.15) is 16.7 Å². The van der Waals surface area contributed by atoms with Crippen LogP contribution in [0.5, 0.6) is 0 Å². The Balaban J connectivity index is 1.88. The molecule has 7 heteroatoms. The number of nitrogens with one attached hydrogen (secondary N) is 1. The molecule has 24 heavy (non-hydrogen) atoms. The molecule has 0 radical (unpaired) electrons. The summed E-state index contributed by atoms with van der Waals surface area (Å²) >= 11 is 1.54. The summed E-state index contributed by atoms with van der Waals surface area (Å²) in [5.74, 6) is 1.20. The summed E-state index contributed by atoms with van der Waals surface area (Å²) in [5, 5.41) is 18.0. The van der Waals surface area contributed by atoms with Crippen molar-refractivity contribution in [3.8, 4) is 12.1 Å². The van der Waals surface area contributed by atoms with Crippen molar-refractivity contribution >= 4 is 21.8 Å². The van der Waals surface area contributed by atoms with Crippen LogP contribution in [0.4, 0.5) is 0 Å². The van der Waals surface area contributed by atoms with Gasteiger partial charge in [-0.1, -0.05) is 30.3 Å². The van der Waals surface area contributed by atoms with Gasteiger partial charge in [0.05, 0.1) is 22.1 Å². The highest BCUT2D eigenvalue weighted by molar-refractivity contribution is 7.98. The van der Waals surface area contributed by atoms with Crippen molar-refractivity contribution < 1.29 is 8.42 Å². The van der Waals surface area contributed by atoms with E-state index >= 15 is 0 Å². The molecule has 1 N–H and O–H groups in total. The molecule has 0 aliphatic carbocycles. The average molecular weight is 357 g/mol. The largest absolute Gasteiger partial charge is 0.241 e. The SMILES string of the molecule is N#Cc1ccccc1CSCCNS(=O)(=O)c1ccccc1C#N. The third-order valence-electron chi connectivity index (χ3n) is 3.23. The van der Waals surface area contributed by atoms with Gasteiger partial charge in [-0.15, -0.1) is 0 Å². The van der Waals surface area contributed by atoms with Crippen molar-refractivity contribution in [2.75, 3.05) is 12.3 Å². The minimum Gasteiger partial charge on any atom is -0.210 e. The smallest absolute Gasteiger partial charge is 0.210 e. The molecule has 0 saturated heterocycles. The molecule has 2 aromatic rings. The van der Waals surface area contributed by atoms with Gasteiger partial charge in [-0.2, -0.15) is 22.3 Å². The van der Waals surface area contributed by atoms with Gasteiger partial charge in [0.15, 0.2) is 0 Å². The van der Waals surface area contributed by atoms with E-state index in [1.165, 1.54) is 23.9 Å². The van der Waals surface area contributed by atoms with Crippen molar-refractivity contribution in [3.63, 3.8) is 0 Å². The van der Waals surface area contributed by atoms with Gasteiger partial charge in [-0.05, 0) is 23.8 Å². The number of nitrogens with zero attached hydrogens (tertiary/aromatic N) is 2. The van der Waals surface area contributed by atoms with Gasteiger partial charge in [0.1, 0.15) is 6.07 Å². The Labute approximate surface area is 146 Å². The van der Waals surface area contributed by atoms with E-state index in [0.29, 0.717) is 17.1 Å². The first kappa shape index (κ1) is 18.0. The topological polar surface area (TPSA) is 93.8 Å². The zero-order chi connectivity index (χ0) is 17.4. The second kappa shape index (κ2) is 8.51. The molecule has 0 aromatic heterocycles. The summed E-state index contributed by atoms with van der Waals surface area (Å²) in [6, 6.07) is 17.5. The molecule has 122 valence electrons. The predicted octanol–water partition coefficient (Wildman–Crippen LogP) is 2.64. The first-order valence-corrected chi connectivity index (χ1v) is 9.77. The molecule has 0 aliphatic rings. The van der Waals surface area contributed by atoms with E-state index in [1.807, 2.05) is 24.3 Å². The Kier molecular flexibility index (Phi) is 6.39. The summed E-state index contributed by atoms with van der Waals surface area (Å²) in [6.45, 7) is 0.251. The Bertz CT molecular complexity index is 897. The number of hydrogen-bond acceptors (Lipinski definition) is 5. The maximum absolute atomic E-state index is 12.2. The molecular formula is C17H15N3O2S2. The highest BCUT2D eigenvalue weighted by atomic mass is 32.2. The highest BCUT2D eigenvalue weighted by Crippen LogP contribution is 2.17. The highest BCUT2D eigenvalue weighted by Gasteiger charge is 2.17. The molecule has 0 atom stereocenters. The van der Waals surface area contributed by atoms with Gasteiger partial charge in [0.2, 0.25) is 10.0 Å². The monoisotopic (exact) mass is 357 g/mol. The molecule has 0 saturated carbocycles. The minimum absolute atomic E-state index is 0.00711. The Hall–Kier alpha value is -2.32. The quantitative estimate of drug-likeness (QED) is 0.769. The number of nitriles is 2. The normalized spacial score (nSPS) is 10.8. The molecule has 5 nitrogen and oxygen atoms in total. The van der Waals surface area contributed by atoms with E-state index in [4.69, 9.17) is 10.5 Å². The van der Waals surface area contributed by atoms with Crippen LogP contribution in [0, 0.1) is 22.7 Å². The lowest BCUT2D eigenvalue weighted by molar-refractivity contribution is 0.584. The van der Waals surface area contributed by atoms with Gasteiger partial charge >= 0.3 is 0 Å². The molecule has 0 aliphatic heterocycles. The van der Waals surface area contributed by atoms with Gasteiger partial charge < -0.3 is 0 Å². The van der Waals surface area contributed by atoms with Crippen molar-refractivity contribution in [1.82, 2.24) is 4.72 Å². The van der Waals surface area contributed by atoms with Crippen LogP contribution in [-0.2, 0) is 15.8 Å². The fourth-order valence-corrected chi connectivity index (χ4v) is 4.24. The molecule has 0 bridgehead atoms. The summed E-state index contributed by atoms with van der Waals surface area (Å²) in [6.07, 6.45) is 0. The zero-order valence-corrected chi connectivity index (χ0v) is 14.4. The van der Waals surface area contributed by atoms with Gasteiger partial charge in [0, 0.05) is 18.1 Å². The van der Waals surface area contributed by atoms with Crippen LogP contribution in [0.3, 0.4) is 0 Å². The summed E-state index contributed by atoms with van der Waals surface area (Å²) in [7, 11) is -3.70. The van der Waals surface area contributed by atoms with Crippen molar-refractivity contribution in [3.05, 3.63) is 65.2 Å². The number of sulfonamides is 1. The molecule has 0 amide bonds. The summed E-state index contributed by atoms with van der Waals surface area (Å²) in [4.78, 5) is -0.00711. The lowest BCUT2D eigenvalue weighted by Gasteiger charge is -2.08. The van der Waals surface area contributed by atoms with E-state index in [2.05, 4.69) is 10.8 Å². The zero-order valence-electron chi connectivity index (χ0n) is 12.8. The van der Waals surface area contributed by atoms with Gasteiger partial charge in [-0.3, -0.25) is 0 Å². The van der Waals surface area contributed by atoms with Gasteiger partial charge in [0.25, 0.3) is 0 Å². The second-order valence-electron chi connectivity index (χ2n) is 4.83. The summed E-state index contributed by atoms with van der Waals surface area (Å²) < 4.78 is 27.0. The first-order chi connectivity index (χ1) is 11.6. The fraction of sp³-hybridized carbons (Fsp3) is 0.176. The standard InChI is InChI=1S/C17H15N3O2S2/c18-11-14-5-1-2-7-16(14)13-23-10-9-20-24(21,22)17-8-4-3-6-15(17)12-19/h1-8,20H,9-10,13H2. The molecule has 0 heterocycles. The number of rotatable bonds is 7. The van der Waals surface area contributed by atoms with Crippen LogP contribution in [0.2, 0.25) is 0 Å². The van der Waals surface area contributed by atoms with Crippen molar-refractivity contribution in [1.29, 1.82) is 10.5 Å². The number of benzene rings is 2. The Morgan fingerprint density at radius 1 is 0.958 bits per heavy atom. The molecule has 0 fully saturated rings. The lowest BCUT2D eigenvalue weighted by atomic mass is 10.1. The Morgan fingerprint density at radius 2 is 1.58 bits per heavy atom. The maximum atomic E-state index is 12.2.